The number of carbonyl (C=O) groups excluding carboxylic acids is 2. The molecule has 0 bridgehead atoms. The molecule has 28 heavy (non-hydrogen) atoms. The molecule has 1 heterocycles. The van der Waals surface area contributed by atoms with Crippen molar-refractivity contribution in [1.29, 1.82) is 0 Å². The molecule has 2 rings (SSSR count). The van der Waals surface area contributed by atoms with Crippen LogP contribution in [-0.4, -0.2) is 41.6 Å². The van der Waals surface area contributed by atoms with Crippen LogP contribution < -0.4 is 0 Å². The van der Waals surface area contributed by atoms with Gasteiger partial charge in [0.1, 0.15) is 0 Å². The van der Waals surface area contributed by atoms with E-state index in [1.165, 1.54) is 60.3 Å². The van der Waals surface area contributed by atoms with Crippen molar-refractivity contribution in [3.8, 4) is 0 Å². The van der Waals surface area contributed by atoms with Gasteiger partial charge in [0.15, 0.2) is 0 Å². The Bertz CT molecular complexity index is 641. The first kappa shape index (κ1) is 23.2. The second kappa shape index (κ2) is 11.2. The molecule has 0 unspecified atom stereocenters. The normalized spacial score (nSPS) is 13.9. The van der Waals surface area contributed by atoms with E-state index in [1.54, 1.807) is 12.1 Å². The van der Waals surface area contributed by atoms with Crippen molar-refractivity contribution in [3.05, 3.63) is 45.6 Å². The molecule has 0 N–H and O–H groups in total. The number of rotatable bonds is 13. The first-order chi connectivity index (χ1) is 13.5. The fourth-order valence-electron chi connectivity index (χ4n) is 4.40. The van der Waals surface area contributed by atoms with Gasteiger partial charge in [-0.2, -0.15) is 0 Å². The average Bonchev–Trinajstić information content (AvgIpc) is 2.96. The molecule has 1 aromatic rings. The molecular weight excluding hydrogens is 453 g/mol. The number of unbranched alkanes of at least 4 members (excludes halogenated alkanes) is 3. The molecule has 1 aliphatic heterocycles. The van der Waals surface area contributed by atoms with Gasteiger partial charge in [-0.15, -0.1) is 0 Å². The van der Waals surface area contributed by atoms with E-state index >= 15 is 0 Å². The standard InChI is InChI=1S/C12H10NO2.3C4H9.Sn/c1-2-3-8-13-11(14)9-6-4-5-7-10(9)12(13)15;3*1-3-4-2;/h4-7H,1,3,8H2;3*1,3-4H2,2H3;. The van der Waals surface area contributed by atoms with Crippen LogP contribution in [0, 0.1) is 0 Å². The summed E-state index contributed by atoms with van der Waals surface area (Å²) in [6.07, 6.45) is 8.42. The minimum absolute atomic E-state index is 0.134. The van der Waals surface area contributed by atoms with Crippen molar-refractivity contribution in [1.82, 2.24) is 4.90 Å². The first-order valence-corrected chi connectivity index (χ1v) is 18.6. The number of hydrogen-bond acceptors (Lipinski definition) is 2. The molecule has 0 spiro atoms. The quantitative estimate of drug-likeness (QED) is 0.230. The Labute approximate surface area is 175 Å². The summed E-state index contributed by atoms with van der Waals surface area (Å²) in [4.78, 5) is 26.8. The molecule has 1 aliphatic rings. The van der Waals surface area contributed by atoms with E-state index < -0.39 is 18.4 Å². The molecule has 0 saturated carbocycles. The summed E-state index contributed by atoms with van der Waals surface area (Å²) in [6.45, 7) is 11.9. The minimum atomic E-state index is -2.50. The maximum atomic E-state index is 12.7. The summed E-state index contributed by atoms with van der Waals surface area (Å²) in [7, 11) is 0. The molecule has 3 nitrogen and oxygen atoms in total. The summed E-state index contributed by atoms with van der Waals surface area (Å²) in [5.41, 5.74) is 1.10. The molecule has 0 aromatic heterocycles. The Morgan fingerprint density at radius 3 is 1.68 bits per heavy atom. The Balaban J connectivity index is 2.12. The third-order valence-electron chi connectivity index (χ3n) is 6.29. The van der Waals surface area contributed by atoms with Gasteiger partial charge >= 0.3 is 176 Å². The Morgan fingerprint density at radius 2 is 1.29 bits per heavy atom. The Hall–Kier alpha value is -1.10. The summed E-state index contributed by atoms with van der Waals surface area (Å²) in [6, 6.07) is 7.18. The zero-order valence-electron chi connectivity index (χ0n) is 18.1. The molecule has 0 saturated heterocycles. The van der Waals surface area contributed by atoms with Crippen molar-refractivity contribution < 1.29 is 9.59 Å². The van der Waals surface area contributed by atoms with Crippen LogP contribution in [0.2, 0.25) is 13.3 Å². The van der Waals surface area contributed by atoms with E-state index in [0.717, 1.165) is 6.42 Å². The zero-order chi connectivity index (χ0) is 20.6. The molecule has 1 aromatic carbocycles. The van der Waals surface area contributed by atoms with Crippen LogP contribution in [0.3, 0.4) is 0 Å². The molecule has 0 atom stereocenters. The van der Waals surface area contributed by atoms with E-state index in [1.807, 2.05) is 12.1 Å². The van der Waals surface area contributed by atoms with Crippen LogP contribution in [0.25, 0.3) is 0 Å². The monoisotopic (exact) mass is 491 g/mol. The summed E-state index contributed by atoms with van der Waals surface area (Å²) in [5.74, 6) is -0.269. The van der Waals surface area contributed by atoms with Gasteiger partial charge in [-0.1, -0.05) is 0 Å². The van der Waals surface area contributed by atoms with Crippen molar-refractivity contribution in [2.24, 2.45) is 0 Å². The first-order valence-electron chi connectivity index (χ1n) is 11.1. The third-order valence-corrected chi connectivity index (χ3v) is 22.5. The van der Waals surface area contributed by atoms with Crippen molar-refractivity contribution >= 4 is 30.2 Å². The predicted octanol–water partition coefficient (Wildman–Crippen LogP) is 6.62. The molecule has 4 heteroatoms. The van der Waals surface area contributed by atoms with E-state index in [-0.39, 0.29) is 11.8 Å². The van der Waals surface area contributed by atoms with Crippen LogP contribution in [-0.2, 0) is 0 Å². The summed E-state index contributed by atoms with van der Waals surface area (Å²) >= 11 is -2.50. The third kappa shape index (κ3) is 5.28. The van der Waals surface area contributed by atoms with Crippen molar-refractivity contribution in [3.63, 3.8) is 0 Å². The second-order valence-electron chi connectivity index (χ2n) is 8.25. The maximum absolute atomic E-state index is 12.7. The molecule has 0 radical (unpaired) electrons. The molecular formula is C24H37NO2Sn. The number of carbonyl (C=O) groups is 2. The van der Waals surface area contributed by atoms with Gasteiger partial charge in [0.25, 0.3) is 0 Å². The SMILES string of the molecule is C=[C](CCN1C(=O)c2ccccc2C1=O)[Sn]([CH2]CCC)([CH2]CCC)[CH2]CCC. The zero-order valence-corrected chi connectivity index (χ0v) is 20.9. The second-order valence-corrected chi connectivity index (χ2v) is 21.9. The van der Waals surface area contributed by atoms with Gasteiger partial charge < -0.3 is 0 Å². The Morgan fingerprint density at radius 1 is 0.857 bits per heavy atom. The van der Waals surface area contributed by atoms with E-state index in [2.05, 4.69) is 27.4 Å². The number of imide groups is 1. The Kier molecular flexibility index (Phi) is 9.25. The summed E-state index contributed by atoms with van der Waals surface area (Å²) < 4.78 is 5.59. The van der Waals surface area contributed by atoms with Gasteiger partial charge in [-0.25, -0.2) is 0 Å². The van der Waals surface area contributed by atoms with Crippen LogP contribution >= 0.6 is 0 Å². The van der Waals surface area contributed by atoms with Crippen LogP contribution in [0.1, 0.15) is 86.4 Å². The van der Waals surface area contributed by atoms with Gasteiger partial charge in [0.2, 0.25) is 0 Å². The number of fused-ring (bicyclic) bond motifs is 1. The molecule has 2 amide bonds. The molecule has 154 valence electrons. The van der Waals surface area contributed by atoms with Gasteiger partial charge in [-0.05, 0) is 0 Å². The number of benzene rings is 1. The van der Waals surface area contributed by atoms with E-state index in [0.29, 0.717) is 17.7 Å². The van der Waals surface area contributed by atoms with Crippen molar-refractivity contribution in [2.45, 2.75) is 79.0 Å². The van der Waals surface area contributed by atoms with Gasteiger partial charge in [0, 0.05) is 0 Å². The predicted molar refractivity (Wildman–Crippen MR) is 120 cm³/mol. The van der Waals surface area contributed by atoms with Crippen LogP contribution in [0.15, 0.2) is 34.4 Å². The van der Waals surface area contributed by atoms with Gasteiger partial charge in [-0.3, -0.25) is 0 Å². The van der Waals surface area contributed by atoms with Crippen molar-refractivity contribution in [2.75, 3.05) is 6.54 Å². The number of hydrogen-bond donors (Lipinski definition) is 0. The molecule has 0 aliphatic carbocycles. The van der Waals surface area contributed by atoms with Gasteiger partial charge in [0.05, 0.1) is 0 Å². The van der Waals surface area contributed by atoms with Crippen LogP contribution in [0.4, 0.5) is 0 Å². The average molecular weight is 490 g/mol. The fourth-order valence-corrected chi connectivity index (χ4v) is 20.2. The fraction of sp³-hybridized carbons (Fsp3) is 0.583. The number of amides is 2. The van der Waals surface area contributed by atoms with E-state index in [9.17, 15) is 9.59 Å². The number of nitrogens with zero attached hydrogens (tertiary/aromatic N) is 1. The topological polar surface area (TPSA) is 37.4 Å². The van der Waals surface area contributed by atoms with E-state index in [4.69, 9.17) is 0 Å². The van der Waals surface area contributed by atoms with Crippen LogP contribution in [0.5, 0.6) is 0 Å². The summed E-state index contributed by atoms with van der Waals surface area (Å²) in [5, 5.41) is 0. The molecule has 0 fully saturated rings.